The van der Waals surface area contributed by atoms with Gasteiger partial charge in [-0.3, -0.25) is 20.2 Å². The Morgan fingerprint density at radius 3 is 2.50 bits per heavy atom. The predicted molar refractivity (Wildman–Crippen MR) is 113 cm³/mol. The Bertz CT molecular complexity index is 824. The molecule has 0 spiro atoms. The van der Waals surface area contributed by atoms with Crippen LogP contribution in [0.5, 0.6) is 5.75 Å². The molecule has 0 saturated carbocycles. The first-order valence-electron chi connectivity index (χ1n) is 9.10. The van der Waals surface area contributed by atoms with Crippen molar-refractivity contribution in [1.29, 1.82) is 0 Å². The van der Waals surface area contributed by atoms with Crippen molar-refractivity contribution in [1.82, 2.24) is 5.32 Å². The summed E-state index contributed by atoms with van der Waals surface area (Å²) in [6.45, 7) is 2.70. The minimum absolute atomic E-state index is 0.0227. The summed E-state index contributed by atoms with van der Waals surface area (Å²) in [6.07, 6.45) is 4.34. The highest BCUT2D eigenvalue weighted by Gasteiger charge is 2.14. The number of carbonyl (C=O) groups is 1. The van der Waals surface area contributed by atoms with Gasteiger partial charge in [-0.2, -0.15) is 0 Å². The van der Waals surface area contributed by atoms with Gasteiger partial charge >= 0.3 is 0 Å². The molecule has 0 aromatic heterocycles. The number of nitro benzene ring substituents is 1. The lowest BCUT2D eigenvalue weighted by Gasteiger charge is -2.13. The van der Waals surface area contributed by atoms with Crippen molar-refractivity contribution >= 4 is 34.6 Å². The van der Waals surface area contributed by atoms with Crippen molar-refractivity contribution < 1.29 is 14.5 Å². The van der Waals surface area contributed by atoms with E-state index in [9.17, 15) is 14.9 Å². The maximum absolute atomic E-state index is 12.5. The molecule has 0 heterocycles. The number of benzene rings is 2. The summed E-state index contributed by atoms with van der Waals surface area (Å²) in [5, 5.41) is 16.2. The van der Waals surface area contributed by atoms with Gasteiger partial charge in [0.05, 0.1) is 17.1 Å². The van der Waals surface area contributed by atoms with Crippen molar-refractivity contribution in [3.05, 3.63) is 64.2 Å². The Morgan fingerprint density at radius 1 is 1.11 bits per heavy atom. The predicted octanol–water partition coefficient (Wildman–Crippen LogP) is 4.68. The van der Waals surface area contributed by atoms with Gasteiger partial charge in [-0.05, 0) is 42.9 Å². The first-order valence-corrected chi connectivity index (χ1v) is 9.50. The summed E-state index contributed by atoms with van der Waals surface area (Å²) in [6, 6.07) is 12.7. The standard InChI is InChI=1S/C20H23N3O4S/c1-2-3-4-7-14-27-18-9-6-5-8-17(18)19(24)22-20(28)21-15-10-12-16(13-11-15)23(25)26/h5-6,8-13H,2-4,7,14H2,1H3,(H2,21,22,24,28). The molecule has 2 N–H and O–H groups in total. The number of anilines is 1. The molecule has 7 nitrogen and oxygen atoms in total. The number of hydrogen-bond acceptors (Lipinski definition) is 5. The fraction of sp³-hybridized carbons (Fsp3) is 0.300. The number of nitrogens with zero attached hydrogens (tertiary/aromatic N) is 1. The molecule has 0 saturated heterocycles. The number of carbonyl (C=O) groups excluding carboxylic acids is 1. The molecule has 0 aliphatic carbocycles. The quantitative estimate of drug-likeness (QED) is 0.274. The van der Waals surface area contributed by atoms with Gasteiger partial charge in [-0.15, -0.1) is 0 Å². The number of ether oxygens (including phenoxy) is 1. The Labute approximate surface area is 169 Å². The first-order chi connectivity index (χ1) is 13.5. The normalized spacial score (nSPS) is 10.2. The molecule has 28 heavy (non-hydrogen) atoms. The van der Waals surface area contributed by atoms with Crippen LogP contribution in [0.15, 0.2) is 48.5 Å². The smallest absolute Gasteiger partial charge is 0.269 e. The highest BCUT2D eigenvalue weighted by Crippen LogP contribution is 2.19. The minimum Gasteiger partial charge on any atom is -0.493 e. The lowest BCUT2D eigenvalue weighted by atomic mass is 10.2. The number of non-ortho nitro benzene ring substituents is 1. The molecule has 0 aliphatic rings. The van der Waals surface area contributed by atoms with E-state index in [1.54, 1.807) is 18.2 Å². The van der Waals surface area contributed by atoms with Crippen molar-refractivity contribution in [2.24, 2.45) is 0 Å². The molecule has 0 aliphatic heterocycles. The minimum atomic E-state index is -0.483. The largest absolute Gasteiger partial charge is 0.493 e. The van der Waals surface area contributed by atoms with Crippen LogP contribution in [-0.2, 0) is 0 Å². The summed E-state index contributed by atoms with van der Waals surface area (Å²) in [4.78, 5) is 22.7. The summed E-state index contributed by atoms with van der Waals surface area (Å²) >= 11 is 5.16. The molecular weight excluding hydrogens is 378 g/mol. The van der Waals surface area contributed by atoms with E-state index in [0.29, 0.717) is 23.6 Å². The number of unbranched alkanes of at least 4 members (excludes halogenated alkanes) is 3. The van der Waals surface area contributed by atoms with Gasteiger partial charge in [0.1, 0.15) is 5.75 Å². The van der Waals surface area contributed by atoms with E-state index in [4.69, 9.17) is 17.0 Å². The molecular formula is C20H23N3O4S. The average molecular weight is 401 g/mol. The fourth-order valence-corrected chi connectivity index (χ4v) is 2.70. The molecule has 1 amide bonds. The van der Waals surface area contributed by atoms with Gasteiger partial charge < -0.3 is 10.1 Å². The van der Waals surface area contributed by atoms with Crippen LogP contribution in [0.3, 0.4) is 0 Å². The summed E-state index contributed by atoms with van der Waals surface area (Å²) in [5.41, 5.74) is 0.910. The third kappa shape index (κ3) is 6.62. The Balaban J connectivity index is 1.92. The van der Waals surface area contributed by atoms with Crippen LogP contribution in [0.1, 0.15) is 43.0 Å². The number of thiocarbonyl (C=S) groups is 1. The molecule has 0 unspecified atom stereocenters. The molecule has 2 aromatic rings. The van der Waals surface area contributed by atoms with Gasteiger partial charge in [-0.1, -0.05) is 38.3 Å². The number of nitro groups is 1. The number of hydrogen-bond donors (Lipinski definition) is 2. The molecule has 0 radical (unpaired) electrons. The van der Waals surface area contributed by atoms with E-state index in [1.165, 1.54) is 24.3 Å². The zero-order chi connectivity index (χ0) is 20.4. The van der Waals surface area contributed by atoms with Crippen LogP contribution >= 0.6 is 12.2 Å². The molecule has 2 rings (SSSR count). The number of amides is 1. The second-order valence-electron chi connectivity index (χ2n) is 6.12. The van der Waals surface area contributed by atoms with E-state index in [2.05, 4.69) is 17.6 Å². The van der Waals surface area contributed by atoms with E-state index in [0.717, 1.165) is 25.7 Å². The highest BCUT2D eigenvalue weighted by molar-refractivity contribution is 7.80. The third-order valence-corrected chi connectivity index (χ3v) is 4.15. The fourth-order valence-electron chi connectivity index (χ4n) is 2.49. The average Bonchev–Trinajstić information content (AvgIpc) is 2.68. The second-order valence-corrected chi connectivity index (χ2v) is 6.53. The van der Waals surface area contributed by atoms with Gasteiger partial charge in [0.15, 0.2) is 5.11 Å². The number of para-hydroxylation sites is 1. The zero-order valence-corrected chi connectivity index (χ0v) is 16.5. The number of rotatable bonds is 9. The monoisotopic (exact) mass is 401 g/mol. The molecule has 0 bridgehead atoms. The van der Waals surface area contributed by atoms with Crippen molar-refractivity contribution in [3.8, 4) is 5.75 Å². The topological polar surface area (TPSA) is 93.5 Å². The van der Waals surface area contributed by atoms with Crippen LogP contribution in [0.2, 0.25) is 0 Å². The second kappa shape index (κ2) is 11.0. The molecule has 2 aromatic carbocycles. The van der Waals surface area contributed by atoms with Crippen LogP contribution in [0.25, 0.3) is 0 Å². The SMILES string of the molecule is CCCCCCOc1ccccc1C(=O)NC(=S)Nc1ccc([N+](=O)[O-])cc1. The number of nitrogens with one attached hydrogen (secondary N) is 2. The molecule has 0 atom stereocenters. The van der Waals surface area contributed by atoms with Gasteiger partial charge in [-0.25, -0.2) is 0 Å². The van der Waals surface area contributed by atoms with Crippen molar-refractivity contribution in [2.45, 2.75) is 32.6 Å². The lowest BCUT2D eigenvalue weighted by Crippen LogP contribution is -2.34. The molecule has 148 valence electrons. The van der Waals surface area contributed by atoms with E-state index < -0.39 is 4.92 Å². The Kier molecular flexibility index (Phi) is 8.36. The summed E-state index contributed by atoms with van der Waals surface area (Å²) in [7, 11) is 0. The zero-order valence-electron chi connectivity index (χ0n) is 15.6. The van der Waals surface area contributed by atoms with Gasteiger partial charge in [0, 0.05) is 17.8 Å². The van der Waals surface area contributed by atoms with Crippen LogP contribution in [0.4, 0.5) is 11.4 Å². The maximum atomic E-state index is 12.5. The van der Waals surface area contributed by atoms with Gasteiger partial charge in [0.2, 0.25) is 0 Å². The first kappa shape index (κ1) is 21.3. The third-order valence-electron chi connectivity index (χ3n) is 3.95. The summed E-state index contributed by atoms with van der Waals surface area (Å²) in [5.74, 6) is 0.123. The summed E-state index contributed by atoms with van der Waals surface area (Å²) < 4.78 is 5.75. The van der Waals surface area contributed by atoms with E-state index in [-0.39, 0.29) is 16.7 Å². The van der Waals surface area contributed by atoms with E-state index in [1.807, 2.05) is 6.07 Å². The van der Waals surface area contributed by atoms with Crippen molar-refractivity contribution in [2.75, 3.05) is 11.9 Å². The maximum Gasteiger partial charge on any atom is 0.269 e. The molecule has 0 fully saturated rings. The van der Waals surface area contributed by atoms with E-state index >= 15 is 0 Å². The van der Waals surface area contributed by atoms with Crippen LogP contribution in [0, 0.1) is 10.1 Å². The molecule has 8 heteroatoms. The highest BCUT2D eigenvalue weighted by atomic mass is 32.1. The Morgan fingerprint density at radius 2 is 1.82 bits per heavy atom. The Hall–Kier alpha value is -3.00. The van der Waals surface area contributed by atoms with Crippen LogP contribution < -0.4 is 15.4 Å². The lowest BCUT2D eigenvalue weighted by molar-refractivity contribution is -0.384. The van der Waals surface area contributed by atoms with Crippen LogP contribution in [-0.4, -0.2) is 22.5 Å². The van der Waals surface area contributed by atoms with Gasteiger partial charge in [0.25, 0.3) is 11.6 Å². The van der Waals surface area contributed by atoms with Crippen molar-refractivity contribution in [3.63, 3.8) is 0 Å².